The number of fused-ring (bicyclic) bond motifs is 1. The average Bonchev–Trinajstić information content (AvgIpc) is 3.37. The highest BCUT2D eigenvalue weighted by atomic mass is 32.2. The van der Waals surface area contributed by atoms with E-state index in [0.29, 0.717) is 5.25 Å². The molecule has 0 bridgehead atoms. The maximum absolute atomic E-state index is 13.8. The fourth-order valence-electron chi connectivity index (χ4n) is 4.82. The molecule has 0 N–H and O–H groups in total. The van der Waals surface area contributed by atoms with Gasteiger partial charge in [-0.25, -0.2) is 0 Å². The molecule has 3 atom stereocenters. The van der Waals surface area contributed by atoms with Gasteiger partial charge in [-0.05, 0) is 49.7 Å². The number of thioether (sulfide) groups is 1. The Kier molecular flexibility index (Phi) is 5.08. The van der Waals surface area contributed by atoms with Gasteiger partial charge in [-0.3, -0.25) is 9.98 Å². The molecule has 0 aliphatic carbocycles. The summed E-state index contributed by atoms with van der Waals surface area (Å²) in [5.41, 5.74) is 2.94. The van der Waals surface area contributed by atoms with Crippen LogP contribution in [0, 0.1) is 13.8 Å². The highest BCUT2D eigenvalue weighted by Gasteiger charge is 2.45. The summed E-state index contributed by atoms with van der Waals surface area (Å²) >= 11 is 1.74. The van der Waals surface area contributed by atoms with Gasteiger partial charge in [-0.15, -0.1) is 0 Å². The molecule has 4 nitrogen and oxygen atoms in total. The lowest BCUT2D eigenvalue weighted by Gasteiger charge is -2.27. The van der Waals surface area contributed by atoms with Crippen LogP contribution in [0.4, 0.5) is 13.2 Å². The summed E-state index contributed by atoms with van der Waals surface area (Å²) in [5, 5.41) is 1.40. The highest BCUT2D eigenvalue weighted by molar-refractivity contribution is 8.14. The van der Waals surface area contributed by atoms with Crippen LogP contribution in [0.25, 0.3) is 5.69 Å². The van der Waals surface area contributed by atoms with Gasteiger partial charge in [0.05, 0.1) is 23.0 Å². The van der Waals surface area contributed by atoms with Crippen molar-refractivity contribution in [3.8, 4) is 5.69 Å². The summed E-state index contributed by atoms with van der Waals surface area (Å²) in [4.78, 5) is 11.8. The molecule has 4 heterocycles. The monoisotopic (exact) mass is 456 g/mol. The molecule has 5 rings (SSSR count). The lowest BCUT2D eigenvalue weighted by Crippen LogP contribution is -2.29. The largest absolute Gasteiger partial charge is 0.418 e. The van der Waals surface area contributed by atoms with Crippen molar-refractivity contribution in [2.45, 2.75) is 44.3 Å². The standard InChI is InChI=1S/C24H23F3N4S/c1-14-12-17(16(3)31(14)20-10-5-4-8-18(20)24(25,26)27)22-21(19-9-6-7-11-28-19)29-23-30(22)13-15(2)32-23/h4-12,15,21-22H,13H2,1-3H3/t15-,21+,22+/m0/s1. The number of hydrogen-bond acceptors (Lipinski definition) is 4. The van der Waals surface area contributed by atoms with E-state index in [2.05, 4.69) is 16.8 Å². The molecule has 8 heteroatoms. The van der Waals surface area contributed by atoms with E-state index in [0.717, 1.165) is 40.4 Å². The molecule has 1 saturated heterocycles. The summed E-state index contributed by atoms with van der Waals surface area (Å²) in [6.45, 7) is 6.77. The molecule has 0 spiro atoms. The van der Waals surface area contributed by atoms with E-state index in [1.54, 1.807) is 28.6 Å². The van der Waals surface area contributed by atoms with Crippen LogP contribution in [0.2, 0.25) is 0 Å². The number of alkyl halides is 3. The molecular formula is C24H23F3N4S. The molecule has 0 amide bonds. The first-order valence-electron chi connectivity index (χ1n) is 10.5. The minimum atomic E-state index is -4.43. The van der Waals surface area contributed by atoms with E-state index >= 15 is 0 Å². The second-order valence-corrected chi connectivity index (χ2v) is 9.72. The predicted molar refractivity (Wildman–Crippen MR) is 121 cm³/mol. The Morgan fingerprint density at radius 1 is 1.06 bits per heavy atom. The van der Waals surface area contributed by atoms with Gasteiger partial charge < -0.3 is 9.47 Å². The Hall–Kier alpha value is -2.74. The van der Waals surface area contributed by atoms with Crippen molar-refractivity contribution in [3.05, 3.63) is 82.9 Å². The molecule has 166 valence electrons. The van der Waals surface area contributed by atoms with Crippen molar-refractivity contribution < 1.29 is 13.2 Å². The topological polar surface area (TPSA) is 33.4 Å². The third kappa shape index (κ3) is 3.41. The summed E-state index contributed by atoms with van der Waals surface area (Å²) < 4.78 is 43.0. The molecule has 0 unspecified atom stereocenters. The van der Waals surface area contributed by atoms with Crippen LogP contribution in [0.15, 0.2) is 59.7 Å². The number of hydrogen-bond donors (Lipinski definition) is 0. The molecule has 3 aromatic rings. The molecule has 2 aliphatic heterocycles. The van der Waals surface area contributed by atoms with Gasteiger partial charge in [0, 0.05) is 29.4 Å². The minimum absolute atomic E-state index is 0.102. The van der Waals surface area contributed by atoms with Gasteiger partial charge in [-0.1, -0.05) is 36.9 Å². The first kappa shape index (κ1) is 21.1. The van der Waals surface area contributed by atoms with E-state index in [1.807, 2.05) is 38.1 Å². The number of para-hydroxylation sites is 1. The second kappa shape index (κ2) is 7.69. The normalized spacial score (nSPS) is 22.9. The zero-order chi connectivity index (χ0) is 22.6. The van der Waals surface area contributed by atoms with Crippen LogP contribution in [-0.2, 0) is 6.18 Å². The SMILES string of the molecule is Cc1cc([C@@H]2[C@@H](c3ccccn3)N=C3S[C@@H](C)CN32)c(C)n1-c1ccccc1C(F)(F)F. The summed E-state index contributed by atoms with van der Waals surface area (Å²) in [7, 11) is 0. The average molecular weight is 457 g/mol. The number of rotatable bonds is 3. The molecule has 2 aliphatic rings. The molecular weight excluding hydrogens is 433 g/mol. The van der Waals surface area contributed by atoms with Gasteiger partial charge in [0.25, 0.3) is 0 Å². The zero-order valence-electron chi connectivity index (χ0n) is 18.0. The Labute approximate surface area is 189 Å². The first-order valence-corrected chi connectivity index (χ1v) is 11.4. The summed E-state index contributed by atoms with van der Waals surface area (Å²) in [6.07, 6.45) is -2.67. The molecule has 0 saturated carbocycles. The van der Waals surface area contributed by atoms with Crippen LogP contribution in [0.5, 0.6) is 0 Å². The van der Waals surface area contributed by atoms with Gasteiger partial charge in [0.1, 0.15) is 6.04 Å². The molecule has 0 radical (unpaired) electrons. The van der Waals surface area contributed by atoms with Crippen LogP contribution < -0.4 is 0 Å². The number of halogens is 3. The van der Waals surface area contributed by atoms with E-state index in [9.17, 15) is 13.2 Å². The van der Waals surface area contributed by atoms with Crippen molar-refractivity contribution in [1.82, 2.24) is 14.5 Å². The Morgan fingerprint density at radius 2 is 1.81 bits per heavy atom. The Bertz CT molecular complexity index is 1190. The van der Waals surface area contributed by atoms with Crippen LogP contribution in [-0.4, -0.2) is 31.4 Å². The maximum atomic E-state index is 13.8. The van der Waals surface area contributed by atoms with Crippen LogP contribution >= 0.6 is 11.8 Å². The second-order valence-electron chi connectivity index (χ2n) is 8.31. The minimum Gasteiger partial charge on any atom is -0.341 e. The number of aromatic nitrogens is 2. The maximum Gasteiger partial charge on any atom is 0.418 e. The van der Waals surface area contributed by atoms with Crippen molar-refractivity contribution in [2.75, 3.05) is 6.54 Å². The van der Waals surface area contributed by atoms with E-state index in [1.165, 1.54) is 12.1 Å². The van der Waals surface area contributed by atoms with Gasteiger partial charge in [0.2, 0.25) is 0 Å². The van der Waals surface area contributed by atoms with Crippen LogP contribution in [0.1, 0.15) is 47.2 Å². The lowest BCUT2D eigenvalue weighted by atomic mass is 9.96. The fraction of sp³-hybridized carbons (Fsp3) is 0.333. The van der Waals surface area contributed by atoms with Gasteiger partial charge in [-0.2, -0.15) is 13.2 Å². The number of aryl methyl sites for hydroxylation is 1. The van der Waals surface area contributed by atoms with Crippen molar-refractivity contribution >= 4 is 16.9 Å². The highest BCUT2D eigenvalue weighted by Crippen LogP contribution is 2.49. The number of amidine groups is 1. The van der Waals surface area contributed by atoms with Crippen molar-refractivity contribution in [3.63, 3.8) is 0 Å². The summed E-state index contributed by atoms with van der Waals surface area (Å²) in [6, 6.07) is 13.3. The van der Waals surface area contributed by atoms with Crippen molar-refractivity contribution in [2.24, 2.45) is 4.99 Å². The van der Waals surface area contributed by atoms with E-state index in [4.69, 9.17) is 4.99 Å². The Morgan fingerprint density at radius 3 is 2.53 bits per heavy atom. The van der Waals surface area contributed by atoms with Gasteiger partial charge >= 0.3 is 6.18 Å². The molecule has 32 heavy (non-hydrogen) atoms. The fourth-order valence-corrected chi connectivity index (χ4v) is 5.91. The quantitative estimate of drug-likeness (QED) is 0.478. The predicted octanol–water partition coefficient (Wildman–Crippen LogP) is 6.10. The van der Waals surface area contributed by atoms with Crippen LogP contribution in [0.3, 0.4) is 0 Å². The summed E-state index contributed by atoms with van der Waals surface area (Å²) in [5.74, 6) is 0. The molecule has 1 aromatic carbocycles. The third-order valence-corrected chi connectivity index (χ3v) is 7.22. The van der Waals surface area contributed by atoms with Gasteiger partial charge in [0.15, 0.2) is 5.17 Å². The van der Waals surface area contributed by atoms with E-state index in [-0.39, 0.29) is 17.8 Å². The number of nitrogens with zero attached hydrogens (tertiary/aromatic N) is 4. The van der Waals surface area contributed by atoms with Crippen molar-refractivity contribution in [1.29, 1.82) is 0 Å². The molecule has 2 aromatic heterocycles. The Balaban J connectivity index is 1.65. The molecule has 1 fully saturated rings. The first-order chi connectivity index (χ1) is 15.3. The van der Waals surface area contributed by atoms with E-state index < -0.39 is 11.7 Å². The number of benzene rings is 1. The number of pyridine rings is 1. The number of aliphatic imine (C=N–C) groups is 1. The lowest BCUT2D eigenvalue weighted by molar-refractivity contribution is -0.137. The zero-order valence-corrected chi connectivity index (χ0v) is 18.8. The smallest absolute Gasteiger partial charge is 0.341 e. The third-order valence-electron chi connectivity index (χ3n) is 6.12.